The van der Waals surface area contributed by atoms with Crippen LogP contribution in [0, 0.1) is 0 Å². The van der Waals surface area contributed by atoms with Gasteiger partial charge in [-0.05, 0) is 13.8 Å². The van der Waals surface area contributed by atoms with Gasteiger partial charge in [0.25, 0.3) is 11.8 Å². The minimum absolute atomic E-state index is 0.145. The molecular formula is C10H11NO6. The van der Waals surface area contributed by atoms with E-state index in [0.29, 0.717) is 4.90 Å². The number of imide groups is 1. The lowest BCUT2D eigenvalue weighted by atomic mass is 10.1. The number of rotatable bonds is 4. The zero-order chi connectivity index (χ0) is 13.3. The quantitative estimate of drug-likeness (QED) is 0.649. The molecule has 0 bridgehead atoms. The standard InChI is InChI=1S/C10H11NO6/c1-4-5(2)9(15)11(8(4)14)6(10(16)17)3-7(12)13/h6H,3H2,1-2H3,(H,12,13)(H,16,17). The number of carboxylic acid groups (broad SMARTS) is 2. The van der Waals surface area contributed by atoms with Crippen LogP contribution in [0.4, 0.5) is 0 Å². The molecule has 1 aliphatic rings. The van der Waals surface area contributed by atoms with Crippen molar-refractivity contribution in [3.05, 3.63) is 11.1 Å². The Bertz CT molecular complexity index is 426. The summed E-state index contributed by atoms with van der Waals surface area (Å²) in [4.78, 5) is 45.2. The Morgan fingerprint density at radius 3 is 1.82 bits per heavy atom. The molecule has 1 atom stereocenters. The molecular weight excluding hydrogens is 230 g/mol. The number of carbonyl (C=O) groups excluding carboxylic acids is 2. The third-order valence-electron chi connectivity index (χ3n) is 2.61. The predicted molar refractivity (Wildman–Crippen MR) is 53.9 cm³/mol. The largest absolute Gasteiger partial charge is 0.481 e. The monoisotopic (exact) mass is 241 g/mol. The van der Waals surface area contributed by atoms with Crippen molar-refractivity contribution in [1.82, 2.24) is 4.90 Å². The van der Waals surface area contributed by atoms with Gasteiger partial charge in [-0.2, -0.15) is 0 Å². The highest BCUT2D eigenvalue weighted by atomic mass is 16.4. The van der Waals surface area contributed by atoms with Gasteiger partial charge < -0.3 is 10.2 Å². The SMILES string of the molecule is CC1=C(C)C(=O)N(C(CC(=O)O)C(=O)O)C1=O. The molecule has 2 N–H and O–H groups in total. The minimum atomic E-state index is -1.67. The van der Waals surface area contributed by atoms with Crippen LogP contribution in [-0.2, 0) is 19.2 Å². The van der Waals surface area contributed by atoms with E-state index >= 15 is 0 Å². The van der Waals surface area contributed by atoms with Crippen LogP contribution in [-0.4, -0.2) is 44.9 Å². The third-order valence-corrected chi connectivity index (χ3v) is 2.61. The summed E-state index contributed by atoms with van der Waals surface area (Å²) in [7, 11) is 0. The lowest BCUT2D eigenvalue weighted by molar-refractivity contribution is -0.156. The van der Waals surface area contributed by atoms with Gasteiger partial charge in [-0.3, -0.25) is 19.3 Å². The summed E-state index contributed by atoms with van der Waals surface area (Å²) in [5, 5.41) is 17.4. The molecule has 7 heteroatoms. The number of carbonyl (C=O) groups is 4. The van der Waals surface area contributed by atoms with Gasteiger partial charge in [0.2, 0.25) is 0 Å². The highest BCUT2D eigenvalue weighted by Crippen LogP contribution is 2.23. The van der Waals surface area contributed by atoms with Gasteiger partial charge in [0.05, 0.1) is 6.42 Å². The third kappa shape index (κ3) is 2.17. The fourth-order valence-corrected chi connectivity index (χ4v) is 1.51. The van der Waals surface area contributed by atoms with Crippen LogP contribution in [0.15, 0.2) is 11.1 Å². The predicted octanol–water partition coefficient (Wildman–Crippen LogP) is -0.380. The van der Waals surface area contributed by atoms with Gasteiger partial charge in [0.1, 0.15) is 6.04 Å². The molecule has 0 aromatic rings. The maximum absolute atomic E-state index is 11.6. The van der Waals surface area contributed by atoms with E-state index in [0.717, 1.165) is 0 Å². The molecule has 1 rings (SSSR count). The number of hydrogen-bond acceptors (Lipinski definition) is 4. The summed E-state index contributed by atoms with van der Waals surface area (Å²) in [6.45, 7) is 2.80. The molecule has 0 saturated carbocycles. The van der Waals surface area contributed by atoms with E-state index in [1.165, 1.54) is 13.8 Å². The molecule has 0 saturated heterocycles. The van der Waals surface area contributed by atoms with Crippen molar-refractivity contribution in [2.45, 2.75) is 26.3 Å². The topological polar surface area (TPSA) is 112 Å². The van der Waals surface area contributed by atoms with Gasteiger partial charge in [0.15, 0.2) is 0 Å². The van der Waals surface area contributed by atoms with Crippen LogP contribution >= 0.6 is 0 Å². The van der Waals surface area contributed by atoms with E-state index in [9.17, 15) is 19.2 Å². The Hall–Kier alpha value is -2.18. The first-order valence-corrected chi connectivity index (χ1v) is 4.77. The number of hydrogen-bond donors (Lipinski definition) is 2. The van der Waals surface area contributed by atoms with Gasteiger partial charge in [-0.15, -0.1) is 0 Å². The lowest BCUT2D eigenvalue weighted by Gasteiger charge is -2.21. The Balaban J connectivity index is 3.07. The summed E-state index contributed by atoms with van der Waals surface area (Å²) in [5.41, 5.74) is 0.290. The average Bonchev–Trinajstić information content (AvgIpc) is 2.40. The summed E-state index contributed by atoms with van der Waals surface area (Å²) in [6.07, 6.45) is -0.812. The van der Waals surface area contributed by atoms with Gasteiger partial charge in [0, 0.05) is 11.1 Å². The van der Waals surface area contributed by atoms with Crippen LogP contribution in [0.2, 0.25) is 0 Å². The summed E-state index contributed by atoms with van der Waals surface area (Å²) in [6, 6.07) is -1.67. The van der Waals surface area contributed by atoms with E-state index < -0.39 is 36.2 Å². The Kier molecular flexibility index (Phi) is 3.31. The molecule has 0 spiro atoms. The fourth-order valence-electron chi connectivity index (χ4n) is 1.51. The molecule has 0 radical (unpaired) electrons. The molecule has 0 aromatic heterocycles. The second-order valence-electron chi connectivity index (χ2n) is 3.68. The van der Waals surface area contributed by atoms with Crippen LogP contribution in [0.1, 0.15) is 20.3 Å². The molecule has 92 valence electrons. The molecule has 2 amide bonds. The maximum atomic E-state index is 11.6. The zero-order valence-electron chi connectivity index (χ0n) is 9.26. The molecule has 0 aliphatic carbocycles. The Morgan fingerprint density at radius 1 is 1.12 bits per heavy atom. The van der Waals surface area contributed by atoms with Crippen molar-refractivity contribution in [1.29, 1.82) is 0 Å². The van der Waals surface area contributed by atoms with Crippen LogP contribution < -0.4 is 0 Å². The van der Waals surface area contributed by atoms with E-state index in [2.05, 4.69) is 0 Å². The number of carboxylic acids is 2. The number of nitrogens with zero attached hydrogens (tertiary/aromatic N) is 1. The fraction of sp³-hybridized carbons (Fsp3) is 0.400. The van der Waals surface area contributed by atoms with Crippen molar-refractivity contribution in [2.75, 3.05) is 0 Å². The first kappa shape index (κ1) is 12.9. The smallest absolute Gasteiger partial charge is 0.327 e. The number of aliphatic carboxylic acids is 2. The second-order valence-corrected chi connectivity index (χ2v) is 3.68. The minimum Gasteiger partial charge on any atom is -0.481 e. The normalized spacial score (nSPS) is 17.6. The summed E-state index contributed by atoms with van der Waals surface area (Å²) < 4.78 is 0. The molecule has 1 aliphatic heterocycles. The number of amides is 2. The van der Waals surface area contributed by atoms with Crippen LogP contribution in [0.5, 0.6) is 0 Å². The first-order chi connectivity index (χ1) is 7.77. The van der Waals surface area contributed by atoms with Crippen molar-refractivity contribution in [3.8, 4) is 0 Å². The van der Waals surface area contributed by atoms with Crippen LogP contribution in [0.3, 0.4) is 0 Å². The van der Waals surface area contributed by atoms with E-state index in [1.54, 1.807) is 0 Å². The van der Waals surface area contributed by atoms with E-state index in [4.69, 9.17) is 10.2 Å². The summed E-state index contributed by atoms with van der Waals surface area (Å²) in [5.74, 6) is -4.40. The second kappa shape index (κ2) is 4.36. The van der Waals surface area contributed by atoms with Crippen molar-refractivity contribution in [3.63, 3.8) is 0 Å². The van der Waals surface area contributed by atoms with Crippen molar-refractivity contribution in [2.24, 2.45) is 0 Å². The van der Waals surface area contributed by atoms with Gasteiger partial charge in [-0.1, -0.05) is 0 Å². The average molecular weight is 241 g/mol. The first-order valence-electron chi connectivity index (χ1n) is 4.77. The molecule has 7 nitrogen and oxygen atoms in total. The lowest BCUT2D eigenvalue weighted by Crippen LogP contribution is -2.46. The highest BCUT2D eigenvalue weighted by molar-refractivity contribution is 6.20. The zero-order valence-corrected chi connectivity index (χ0v) is 9.26. The molecule has 1 unspecified atom stereocenters. The highest BCUT2D eigenvalue weighted by Gasteiger charge is 2.42. The van der Waals surface area contributed by atoms with Crippen molar-refractivity contribution < 1.29 is 29.4 Å². The summed E-state index contributed by atoms with van der Waals surface area (Å²) >= 11 is 0. The van der Waals surface area contributed by atoms with Crippen molar-refractivity contribution >= 4 is 23.8 Å². The van der Waals surface area contributed by atoms with Gasteiger partial charge >= 0.3 is 11.9 Å². The van der Waals surface area contributed by atoms with E-state index in [1.807, 2.05) is 0 Å². The molecule has 0 fully saturated rings. The Labute approximate surface area is 96.3 Å². The van der Waals surface area contributed by atoms with E-state index in [-0.39, 0.29) is 11.1 Å². The molecule has 1 heterocycles. The van der Waals surface area contributed by atoms with Gasteiger partial charge in [-0.25, -0.2) is 4.79 Å². The Morgan fingerprint density at radius 2 is 1.53 bits per heavy atom. The maximum Gasteiger partial charge on any atom is 0.327 e. The van der Waals surface area contributed by atoms with Crippen LogP contribution in [0.25, 0.3) is 0 Å². The molecule has 0 aromatic carbocycles. The molecule has 17 heavy (non-hydrogen) atoms.